The maximum Gasteiger partial charge on any atom is 0.410 e. The van der Waals surface area contributed by atoms with Crippen molar-refractivity contribution in [3.8, 4) is 11.3 Å². The van der Waals surface area contributed by atoms with Gasteiger partial charge in [-0.25, -0.2) is 14.6 Å². The van der Waals surface area contributed by atoms with Crippen LogP contribution in [0.15, 0.2) is 47.5 Å². The molecule has 222 valence electrons. The van der Waals surface area contributed by atoms with Gasteiger partial charge >= 0.3 is 12.1 Å². The van der Waals surface area contributed by atoms with Gasteiger partial charge < -0.3 is 24.5 Å². The lowest BCUT2D eigenvalue weighted by molar-refractivity contribution is -0.137. The number of amides is 3. The molecule has 2 atom stereocenters. The monoisotopic (exact) mass is 565 g/mol. The van der Waals surface area contributed by atoms with E-state index in [1.165, 1.54) is 17.0 Å². The highest BCUT2D eigenvalue weighted by Gasteiger charge is 2.56. The first-order chi connectivity index (χ1) is 19.4. The van der Waals surface area contributed by atoms with Crippen LogP contribution in [0, 0.1) is 5.41 Å². The molecule has 2 aromatic rings. The topological polar surface area (TPSA) is 108 Å². The van der Waals surface area contributed by atoms with E-state index in [4.69, 9.17) is 4.74 Å². The number of piperazine rings is 1. The van der Waals surface area contributed by atoms with Crippen molar-refractivity contribution in [3.05, 3.63) is 53.1 Å². The number of nitrogens with zero attached hydrogens (tertiary/aromatic N) is 5. The van der Waals surface area contributed by atoms with Crippen LogP contribution in [0.1, 0.15) is 59.8 Å². The summed E-state index contributed by atoms with van der Waals surface area (Å²) < 4.78 is 7.04. The van der Waals surface area contributed by atoms with Crippen LogP contribution >= 0.6 is 0 Å². The molecule has 10 nitrogen and oxygen atoms in total. The SMILES string of the molecule is C[C@@H]1CN(C(=O)OC(C)(C)C)CCN1C(=O)N1CCC(O)(Cn2cnc(-c3ccccc3)cc2=O)C2(CCCC2)C1. The smallest absolute Gasteiger partial charge is 0.410 e. The van der Waals surface area contributed by atoms with Gasteiger partial charge in [-0.15, -0.1) is 0 Å². The Morgan fingerprint density at radius 2 is 1.76 bits per heavy atom. The highest BCUT2D eigenvalue weighted by atomic mass is 16.6. The Hall–Kier alpha value is -3.40. The standard InChI is InChI=1S/C31H43N5O5/c1-23-19-33(28(39)41-29(2,3)4)16-17-36(23)27(38)34-15-14-31(40,30(20-34)12-8-9-13-30)21-35-22-32-25(18-26(35)37)24-10-6-5-7-11-24/h5-7,10-11,18,22-23,40H,8-9,12-17,19-21H2,1-4H3/t23-,31?/m1/s1. The summed E-state index contributed by atoms with van der Waals surface area (Å²) in [5.41, 5.74) is -0.901. The van der Waals surface area contributed by atoms with E-state index >= 15 is 0 Å². The number of carbonyl (C=O) groups is 2. The molecule has 5 rings (SSSR count). The van der Waals surface area contributed by atoms with Crippen LogP contribution in [0.5, 0.6) is 0 Å². The molecule has 1 unspecified atom stereocenters. The Morgan fingerprint density at radius 3 is 2.39 bits per heavy atom. The minimum absolute atomic E-state index is 0.0549. The fourth-order valence-electron chi connectivity index (χ4n) is 6.77. The van der Waals surface area contributed by atoms with E-state index in [2.05, 4.69) is 4.98 Å². The van der Waals surface area contributed by atoms with Crippen molar-refractivity contribution < 1.29 is 19.4 Å². The molecule has 0 radical (unpaired) electrons. The lowest BCUT2D eigenvalue weighted by Gasteiger charge is -2.53. The Kier molecular flexibility index (Phi) is 7.89. The second-order valence-corrected chi connectivity index (χ2v) is 13.0. The van der Waals surface area contributed by atoms with Gasteiger partial charge in [-0.1, -0.05) is 43.2 Å². The summed E-state index contributed by atoms with van der Waals surface area (Å²) in [5.74, 6) is 0. The highest BCUT2D eigenvalue weighted by molar-refractivity contribution is 5.76. The van der Waals surface area contributed by atoms with Gasteiger partial charge in [0, 0.05) is 55.8 Å². The Bertz CT molecular complexity index is 1320. The molecule has 3 aliphatic rings. The molecule has 3 heterocycles. The van der Waals surface area contributed by atoms with Crippen molar-refractivity contribution in [1.82, 2.24) is 24.3 Å². The number of carbonyl (C=O) groups excluding carboxylic acids is 2. The summed E-state index contributed by atoms with van der Waals surface area (Å²) in [7, 11) is 0. The Morgan fingerprint density at radius 1 is 1.05 bits per heavy atom. The number of aliphatic hydroxyl groups is 1. The third kappa shape index (κ3) is 5.98. The zero-order chi connectivity index (χ0) is 29.4. The van der Waals surface area contributed by atoms with Crippen LogP contribution in [-0.2, 0) is 11.3 Å². The quantitative estimate of drug-likeness (QED) is 0.604. The largest absolute Gasteiger partial charge is 0.444 e. The predicted molar refractivity (Wildman–Crippen MR) is 155 cm³/mol. The van der Waals surface area contributed by atoms with Crippen molar-refractivity contribution >= 4 is 12.1 Å². The molecule has 1 saturated carbocycles. The van der Waals surface area contributed by atoms with E-state index in [1.54, 1.807) is 4.90 Å². The van der Waals surface area contributed by atoms with Gasteiger partial charge in [0.2, 0.25) is 0 Å². The highest BCUT2D eigenvalue weighted by Crippen LogP contribution is 2.51. The van der Waals surface area contributed by atoms with Crippen molar-refractivity contribution in [2.45, 2.75) is 83.6 Å². The van der Waals surface area contributed by atoms with Crippen molar-refractivity contribution in [1.29, 1.82) is 0 Å². The van der Waals surface area contributed by atoms with Crippen LogP contribution in [0.4, 0.5) is 9.59 Å². The second-order valence-electron chi connectivity index (χ2n) is 13.0. The van der Waals surface area contributed by atoms with Crippen LogP contribution < -0.4 is 5.56 Å². The van der Waals surface area contributed by atoms with Crippen LogP contribution in [0.25, 0.3) is 11.3 Å². The Balaban J connectivity index is 1.28. The van der Waals surface area contributed by atoms with E-state index in [0.717, 1.165) is 31.2 Å². The van der Waals surface area contributed by atoms with Gasteiger partial charge in [0.05, 0.1) is 24.2 Å². The number of benzene rings is 1. The number of aromatic nitrogens is 2. The van der Waals surface area contributed by atoms with Crippen molar-refractivity contribution in [3.63, 3.8) is 0 Å². The number of likely N-dealkylation sites (tertiary alicyclic amines) is 1. The first-order valence-corrected chi connectivity index (χ1v) is 14.8. The van der Waals surface area contributed by atoms with E-state index in [1.807, 2.05) is 67.8 Å². The average molecular weight is 566 g/mol. The van der Waals surface area contributed by atoms with Gasteiger partial charge in [-0.3, -0.25) is 9.36 Å². The third-order valence-corrected chi connectivity index (χ3v) is 9.01. The minimum atomic E-state index is -1.12. The maximum atomic E-state index is 13.8. The van der Waals surface area contributed by atoms with Gasteiger partial charge in [-0.05, 0) is 47.0 Å². The Labute approximate surface area is 241 Å². The summed E-state index contributed by atoms with van der Waals surface area (Å²) in [6.07, 6.45) is 5.14. The number of ether oxygens (including phenoxy) is 1. The first-order valence-electron chi connectivity index (χ1n) is 14.8. The fraction of sp³-hybridized carbons (Fsp3) is 0.613. The average Bonchev–Trinajstić information content (AvgIpc) is 3.40. The van der Waals surface area contributed by atoms with E-state index in [-0.39, 0.29) is 30.3 Å². The molecule has 1 spiro atoms. The van der Waals surface area contributed by atoms with E-state index < -0.39 is 16.6 Å². The molecule has 3 fully saturated rings. The van der Waals surface area contributed by atoms with Gasteiger partial charge in [0.1, 0.15) is 5.60 Å². The van der Waals surface area contributed by atoms with Crippen molar-refractivity contribution in [2.24, 2.45) is 5.41 Å². The van der Waals surface area contributed by atoms with Crippen LogP contribution in [0.2, 0.25) is 0 Å². The predicted octanol–water partition coefficient (Wildman–Crippen LogP) is 3.97. The summed E-state index contributed by atoms with van der Waals surface area (Å²) in [4.78, 5) is 49.4. The number of urea groups is 1. The maximum absolute atomic E-state index is 13.8. The van der Waals surface area contributed by atoms with Crippen LogP contribution in [-0.4, -0.2) is 91.4 Å². The molecule has 3 amide bonds. The number of piperidine rings is 1. The summed E-state index contributed by atoms with van der Waals surface area (Å²) in [5, 5.41) is 12.1. The summed E-state index contributed by atoms with van der Waals surface area (Å²) in [6.45, 7) is 9.76. The molecule has 41 heavy (non-hydrogen) atoms. The number of hydrogen-bond donors (Lipinski definition) is 1. The van der Waals surface area contributed by atoms with Gasteiger partial charge in [0.15, 0.2) is 0 Å². The second kappa shape index (κ2) is 11.1. The lowest BCUT2D eigenvalue weighted by atomic mass is 9.66. The fourth-order valence-corrected chi connectivity index (χ4v) is 6.77. The molecule has 1 aromatic heterocycles. The zero-order valence-electron chi connectivity index (χ0n) is 24.7. The summed E-state index contributed by atoms with van der Waals surface area (Å²) in [6, 6.07) is 10.9. The molecule has 2 saturated heterocycles. The zero-order valence-corrected chi connectivity index (χ0v) is 24.7. The van der Waals surface area contributed by atoms with E-state index in [9.17, 15) is 19.5 Å². The summed E-state index contributed by atoms with van der Waals surface area (Å²) >= 11 is 0. The molecule has 0 bridgehead atoms. The molecule has 1 aromatic carbocycles. The molecule has 1 aliphatic carbocycles. The van der Waals surface area contributed by atoms with Crippen molar-refractivity contribution in [2.75, 3.05) is 32.7 Å². The molecule has 10 heteroatoms. The molecule has 1 N–H and O–H groups in total. The van der Waals surface area contributed by atoms with Crippen LogP contribution in [0.3, 0.4) is 0 Å². The van der Waals surface area contributed by atoms with Gasteiger partial charge in [-0.2, -0.15) is 0 Å². The number of rotatable bonds is 3. The minimum Gasteiger partial charge on any atom is -0.444 e. The molecule has 2 aliphatic heterocycles. The lowest BCUT2D eigenvalue weighted by Crippen LogP contribution is -2.65. The molecular weight excluding hydrogens is 522 g/mol. The number of hydrogen-bond acceptors (Lipinski definition) is 6. The third-order valence-electron chi connectivity index (χ3n) is 9.01. The molecular formula is C31H43N5O5. The normalized spacial score (nSPS) is 24.5. The van der Waals surface area contributed by atoms with E-state index in [0.29, 0.717) is 44.8 Å². The first kappa shape index (κ1) is 29.1. The van der Waals surface area contributed by atoms with Gasteiger partial charge in [0.25, 0.3) is 5.56 Å².